The highest BCUT2D eigenvalue weighted by molar-refractivity contribution is 5.76. The molecule has 0 aromatic carbocycles. The van der Waals surface area contributed by atoms with Crippen molar-refractivity contribution in [2.45, 2.75) is 202 Å². The van der Waals surface area contributed by atoms with Crippen LogP contribution < -0.4 is 5.32 Å². The minimum Gasteiger partial charge on any atom is -0.464 e. The molecule has 0 heterocycles. The fourth-order valence-corrected chi connectivity index (χ4v) is 6.55. The maximum Gasteiger partial charge on any atom is 0.308 e. The Morgan fingerprint density at radius 1 is 0.490 bits per heavy atom. The van der Waals surface area contributed by atoms with E-state index in [-0.39, 0.29) is 42.9 Å². The van der Waals surface area contributed by atoms with E-state index >= 15 is 0 Å². The second kappa shape index (κ2) is 36.2. The van der Waals surface area contributed by atoms with Gasteiger partial charge < -0.3 is 19.7 Å². The molecule has 0 aliphatic heterocycles. The summed E-state index contributed by atoms with van der Waals surface area (Å²) in [6, 6.07) is 0. The average Bonchev–Trinajstić information content (AvgIpc) is 3.10. The molecule has 1 amide bonds. The summed E-state index contributed by atoms with van der Waals surface area (Å²) in [7, 11) is 0. The third kappa shape index (κ3) is 28.7. The number of rotatable bonds is 37. The van der Waals surface area contributed by atoms with Gasteiger partial charge in [0.25, 0.3) is 0 Å². The van der Waals surface area contributed by atoms with Gasteiger partial charge in [0.05, 0.1) is 24.9 Å². The third-order valence-electron chi connectivity index (χ3n) is 9.85. The first-order chi connectivity index (χ1) is 23.9. The molecule has 1 N–H and O–H groups in total. The standard InChI is InChI=1S/C42H82N2O5/c1-6-11-15-19-21-25-30-38(28-23-17-13-8-3)41(46)48-36-34-44(40(45)32-27-33-43-10-5)35-37-49-42(47)39(29-24-18-14-9-4)31-26-22-20-16-12-7-2/h38-39,43H,6-37H2,1-5H3. The number of carbonyl (C=O) groups excluding carboxylic acids is 3. The highest BCUT2D eigenvalue weighted by Crippen LogP contribution is 2.22. The molecule has 0 spiro atoms. The third-order valence-corrected chi connectivity index (χ3v) is 9.85. The number of esters is 2. The molecule has 7 heteroatoms. The van der Waals surface area contributed by atoms with Gasteiger partial charge in [0.15, 0.2) is 0 Å². The van der Waals surface area contributed by atoms with E-state index in [0.717, 1.165) is 83.7 Å². The van der Waals surface area contributed by atoms with E-state index in [0.29, 0.717) is 19.5 Å². The smallest absolute Gasteiger partial charge is 0.308 e. The lowest BCUT2D eigenvalue weighted by molar-refractivity contribution is -0.152. The van der Waals surface area contributed by atoms with Crippen molar-refractivity contribution in [1.29, 1.82) is 0 Å². The maximum absolute atomic E-state index is 13.2. The predicted octanol–water partition coefficient (Wildman–Crippen LogP) is 11.0. The van der Waals surface area contributed by atoms with Crippen molar-refractivity contribution in [3.63, 3.8) is 0 Å². The van der Waals surface area contributed by atoms with Crippen LogP contribution in [0.25, 0.3) is 0 Å². The Morgan fingerprint density at radius 3 is 1.20 bits per heavy atom. The van der Waals surface area contributed by atoms with Crippen molar-refractivity contribution in [3.05, 3.63) is 0 Å². The van der Waals surface area contributed by atoms with Crippen molar-refractivity contribution in [3.8, 4) is 0 Å². The lowest BCUT2D eigenvalue weighted by atomic mass is 9.94. The fraction of sp³-hybridized carbons (Fsp3) is 0.929. The van der Waals surface area contributed by atoms with E-state index < -0.39 is 0 Å². The van der Waals surface area contributed by atoms with Gasteiger partial charge in [-0.25, -0.2) is 0 Å². The van der Waals surface area contributed by atoms with Crippen LogP contribution in [-0.2, 0) is 23.9 Å². The molecule has 2 atom stereocenters. The molecule has 290 valence electrons. The van der Waals surface area contributed by atoms with Crippen molar-refractivity contribution < 1.29 is 23.9 Å². The zero-order chi connectivity index (χ0) is 36.2. The van der Waals surface area contributed by atoms with Gasteiger partial charge in [-0.3, -0.25) is 14.4 Å². The summed E-state index contributed by atoms with van der Waals surface area (Å²) in [5.41, 5.74) is 0. The van der Waals surface area contributed by atoms with Crippen LogP contribution in [0.2, 0.25) is 0 Å². The van der Waals surface area contributed by atoms with Gasteiger partial charge in [0.2, 0.25) is 5.91 Å². The Hall–Kier alpha value is -1.63. The predicted molar refractivity (Wildman–Crippen MR) is 207 cm³/mol. The molecule has 0 rings (SSSR count). The summed E-state index contributed by atoms with van der Waals surface area (Å²) in [4.78, 5) is 41.4. The molecule has 0 radical (unpaired) electrons. The minimum atomic E-state index is -0.114. The van der Waals surface area contributed by atoms with E-state index in [2.05, 4.69) is 39.9 Å². The number of nitrogens with zero attached hydrogens (tertiary/aromatic N) is 1. The normalized spacial score (nSPS) is 12.5. The van der Waals surface area contributed by atoms with Gasteiger partial charge in [0.1, 0.15) is 13.2 Å². The minimum absolute atomic E-state index is 0.0244. The van der Waals surface area contributed by atoms with Crippen LogP contribution in [0.1, 0.15) is 202 Å². The number of unbranched alkanes of at least 4 members (excludes halogenated alkanes) is 16. The first-order valence-corrected chi connectivity index (χ1v) is 21.3. The van der Waals surface area contributed by atoms with E-state index in [1.165, 1.54) is 89.9 Å². The van der Waals surface area contributed by atoms with Crippen molar-refractivity contribution in [2.75, 3.05) is 39.4 Å². The summed E-state index contributed by atoms with van der Waals surface area (Å²) in [6.45, 7) is 13.6. The Morgan fingerprint density at radius 2 is 0.837 bits per heavy atom. The summed E-state index contributed by atoms with van der Waals surface area (Å²) in [6.07, 6.45) is 28.4. The van der Waals surface area contributed by atoms with Crippen LogP contribution >= 0.6 is 0 Å². The highest BCUT2D eigenvalue weighted by atomic mass is 16.5. The monoisotopic (exact) mass is 695 g/mol. The van der Waals surface area contributed by atoms with E-state index in [4.69, 9.17) is 9.47 Å². The molecule has 0 saturated heterocycles. The van der Waals surface area contributed by atoms with Crippen molar-refractivity contribution >= 4 is 17.8 Å². The average molecular weight is 695 g/mol. The van der Waals surface area contributed by atoms with Crippen LogP contribution in [0, 0.1) is 11.8 Å². The summed E-state index contributed by atoms with van der Waals surface area (Å²) < 4.78 is 11.7. The summed E-state index contributed by atoms with van der Waals surface area (Å²) in [5, 5.41) is 3.28. The molecule has 7 nitrogen and oxygen atoms in total. The SMILES string of the molecule is CCCCCCCCC(CCCCCC)C(=O)OCCN(CCOC(=O)C(CCCCCC)CCCCCCCC)C(=O)CCCNCC. The van der Waals surface area contributed by atoms with Gasteiger partial charge in [-0.1, -0.05) is 163 Å². The molecular weight excluding hydrogens is 612 g/mol. The topological polar surface area (TPSA) is 84.9 Å². The largest absolute Gasteiger partial charge is 0.464 e. The van der Waals surface area contributed by atoms with Gasteiger partial charge in [0, 0.05) is 6.42 Å². The second-order valence-corrected chi connectivity index (χ2v) is 14.4. The molecule has 0 aromatic rings. The quantitative estimate of drug-likeness (QED) is 0.0515. The highest BCUT2D eigenvalue weighted by Gasteiger charge is 2.22. The number of hydrogen-bond acceptors (Lipinski definition) is 6. The number of nitrogens with one attached hydrogen (secondary N) is 1. The van der Waals surface area contributed by atoms with Crippen LogP contribution in [0.3, 0.4) is 0 Å². The van der Waals surface area contributed by atoms with Crippen molar-refractivity contribution in [2.24, 2.45) is 11.8 Å². The summed E-state index contributed by atoms with van der Waals surface area (Å²) in [5.74, 6) is -0.326. The molecule has 0 aromatic heterocycles. The lowest BCUT2D eigenvalue weighted by Crippen LogP contribution is -2.38. The number of carbonyl (C=O) groups is 3. The maximum atomic E-state index is 13.2. The van der Waals surface area contributed by atoms with Crippen LogP contribution in [-0.4, -0.2) is 62.1 Å². The van der Waals surface area contributed by atoms with Crippen LogP contribution in [0.5, 0.6) is 0 Å². The molecular formula is C42H82N2O5. The zero-order valence-corrected chi connectivity index (χ0v) is 33.3. The van der Waals surface area contributed by atoms with E-state index in [9.17, 15) is 14.4 Å². The Labute approximate surface area is 304 Å². The Balaban J connectivity index is 5.14. The zero-order valence-electron chi connectivity index (χ0n) is 33.3. The molecule has 0 aliphatic carbocycles. The van der Waals surface area contributed by atoms with Crippen LogP contribution in [0.15, 0.2) is 0 Å². The molecule has 2 unspecified atom stereocenters. The number of ether oxygens (including phenoxy) is 2. The molecule has 0 saturated carbocycles. The number of amides is 1. The second-order valence-electron chi connectivity index (χ2n) is 14.4. The number of hydrogen-bond donors (Lipinski definition) is 1. The molecule has 0 fully saturated rings. The van der Waals surface area contributed by atoms with E-state index in [1.807, 2.05) is 0 Å². The molecule has 49 heavy (non-hydrogen) atoms. The van der Waals surface area contributed by atoms with Gasteiger partial charge in [-0.15, -0.1) is 0 Å². The van der Waals surface area contributed by atoms with Crippen molar-refractivity contribution in [1.82, 2.24) is 10.2 Å². The van der Waals surface area contributed by atoms with E-state index in [1.54, 1.807) is 4.90 Å². The first-order valence-electron chi connectivity index (χ1n) is 21.3. The fourth-order valence-electron chi connectivity index (χ4n) is 6.55. The Bertz CT molecular complexity index is 711. The Kier molecular flexibility index (Phi) is 35.0. The first kappa shape index (κ1) is 47.4. The van der Waals surface area contributed by atoms with Crippen LogP contribution in [0.4, 0.5) is 0 Å². The van der Waals surface area contributed by atoms with Gasteiger partial charge >= 0.3 is 11.9 Å². The summed E-state index contributed by atoms with van der Waals surface area (Å²) >= 11 is 0. The van der Waals surface area contributed by atoms with Gasteiger partial charge in [-0.05, 0) is 45.2 Å². The molecule has 0 aliphatic rings. The molecule has 0 bridgehead atoms. The lowest BCUT2D eigenvalue weighted by Gasteiger charge is -2.24. The van der Waals surface area contributed by atoms with Gasteiger partial charge in [-0.2, -0.15) is 0 Å².